The molecule has 0 aliphatic heterocycles. The summed E-state index contributed by atoms with van der Waals surface area (Å²) in [5.41, 5.74) is 10.3. The van der Waals surface area contributed by atoms with Crippen LogP contribution in [-0.2, 0) is 0 Å². The summed E-state index contributed by atoms with van der Waals surface area (Å²) in [6.45, 7) is 0. The third-order valence-corrected chi connectivity index (χ3v) is 0.843. The van der Waals surface area contributed by atoms with Crippen molar-refractivity contribution in [3.05, 3.63) is 6.33 Å². The van der Waals surface area contributed by atoms with Crippen molar-refractivity contribution < 1.29 is 5.11 Å². The van der Waals surface area contributed by atoms with E-state index in [-0.39, 0.29) is 17.4 Å². The van der Waals surface area contributed by atoms with E-state index < -0.39 is 0 Å². The average molecular weight is 125 g/mol. The number of nitrogens with zero attached hydrogens (tertiary/aromatic N) is 2. The molecule has 5 heteroatoms. The summed E-state index contributed by atoms with van der Waals surface area (Å²) in [7, 11) is 0. The number of hydrogen-bond acceptors (Lipinski definition) is 5. The molecule has 5 nitrogen and oxygen atoms in total. The van der Waals surface area contributed by atoms with Crippen molar-refractivity contribution in [1.29, 1.82) is 0 Å². The second-order valence-corrected chi connectivity index (χ2v) is 1.45. The van der Waals surface area contributed by atoms with Crippen LogP contribution in [0, 0.1) is 6.33 Å². The molecule has 5 N–H and O–H groups in total. The molecule has 0 aromatic carbocycles. The topological polar surface area (TPSA) is 98.0 Å². The standard InChI is InChI=1S/C4H5N4O/c5-2-3(6)7-1-8-4(2)9/h5H2,(H3,6,7,8,9). The van der Waals surface area contributed by atoms with Gasteiger partial charge in [-0.25, -0.2) is 4.98 Å². The second-order valence-electron chi connectivity index (χ2n) is 1.45. The van der Waals surface area contributed by atoms with Gasteiger partial charge in [-0.2, -0.15) is 4.98 Å². The summed E-state index contributed by atoms with van der Waals surface area (Å²) in [4.78, 5) is 6.65. The van der Waals surface area contributed by atoms with Crippen molar-refractivity contribution >= 4 is 11.5 Å². The molecule has 0 saturated carbocycles. The van der Waals surface area contributed by atoms with Crippen LogP contribution in [0.3, 0.4) is 0 Å². The Labute approximate surface area is 51.3 Å². The van der Waals surface area contributed by atoms with Gasteiger partial charge < -0.3 is 16.6 Å². The first kappa shape index (κ1) is 5.61. The van der Waals surface area contributed by atoms with Crippen molar-refractivity contribution in [2.45, 2.75) is 0 Å². The van der Waals surface area contributed by atoms with E-state index in [1.54, 1.807) is 0 Å². The van der Waals surface area contributed by atoms with Crippen LogP contribution >= 0.6 is 0 Å². The van der Waals surface area contributed by atoms with Gasteiger partial charge in [-0.3, -0.25) is 0 Å². The van der Waals surface area contributed by atoms with Gasteiger partial charge in [-0.15, -0.1) is 0 Å². The maximum absolute atomic E-state index is 8.71. The Morgan fingerprint density at radius 3 is 2.44 bits per heavy atom. The van der Waals surface area contributed by atoms with E-state index in [0.717, 1.165) is 0 Å². The van der Waals surface area contributed by atoms with Gasteiger partial charge in [0.1, 0.15) is 5.69 Å². The summed E-state index contributed by atoms with van der Waals surface area (Å²) < 4.78 is 0. The predicted molar refractivity (Wildman–Crippen MR) is 31.4 cm³/mol. The molecule has 0 spiro atoms. The van der Waals surface area contributed by atoms with Crippen LogP contribution in [0.4, 0.5) is 11.5 Å². The first-order valence-electron chi connectivity index (χ1n) is 2.20. The molecule has 1 rings (SSSR count). The normalized spacial score (nSPS) is 9.33. The lowest BCUT2D eigenvalue weighted by molar-refractivity contribution is 0.455. The third-order valence-electron chi connectivity index (χ3n) is 0.843. The minimum atomic E-state index is -0.331. The highest BCUT2D eigenvalue weighted by molar-refractivity contribution is 5.62. The van der Waals surface area contributed by atoms with Gasteiger partial charge in [0.05, 0.1) is 0 Å². The van der Waals surface area contributed by atoms with Crippen LogP contribution in [0.2, 0.25) is 0 Å². The molecule has 0 atom stereocenters. The van der Waals surface area contributed by atoms with Crippen molar-refractivity contribution in [1.82, 2.24) is 9.97 Å². The van der Waals surface area contributed by atoms with Gasteiger partial charge in [0.25, 0.3) is 0 Å². The zero-order valence-electron chi connectivity index (χ0n) is 4.50. The molecule has 1 aromatic rings. The zero-order chi connectivity index (χ0) is 6.85. The highest BCUT2D eigenvalue weighted by Crippen LogP contribution is 2.18. The van der Waals surface area contributed by atoms with Crippen molar-refractivity contribution in [3.8, 4) is 5.88 Å². The van der Waals surface area contributed by atoms with Crippen molar-refractivity contribution in [2.24, 2.45) is 0 Å². The Morgan fingerprint density at radius 2 is 2.00 bits per heavy atom. The molecule has 0 amide bonds. The Morgan fingerprint density at radius 1 is 1.33 bits per heavy atom. The van der Waals surface area contributed by atoms with Crippen LogP contribution in [0.5, 0.6) is 5.88 Å². The monoisotopic (exact) mass is 125 g/mol. The largest absolute Gasteiger partial charge is 0.492 e. The fraction of sp³-hybridized carbons (Fsp3) is 0. The van der Waals surface area contributed by atoms with Gasteiger partial charge >= 0.3 is 0 Å². The number of aromatic hydroxyl groups is 1. The van der Waals surface area contributed by atoms with E-state index in [1.165, 1.54) is 0 Å². The highest BCUT2D eigenvalue weighted by Gasteiger charge is 2.00. The Bertz CT molecular complexity index is 204. The second kappa shape index (κ2) is 1.77. The highest BCUT2D eigenvalue weighted by atomic mass is 16.3. The van der Waals surface area contributed by atoms with Crippen LogP contribution in [0.25, 0.3) is 0 Å². The first-order valence-corrected chi connectivity index (χ1v) is 2.20. The fourth-order valence-electron chi connectivity index (χ4n) is 0.361. The van der Waals surface area contributed by atoms with E-state index >= 15 is 0 Å². The lowest BCUT2D eigenvalue weighted by Gasteiger charge is -1.96. The molecule has 0 aliphatic carbocycles. The maximum atomic E-state index is 8.71. The Balaban J connectivity index is 3.25. The number of anilines is 2. The molecule has 0 bridgehead atoms. The molecule has 0 unspecified atom stereocenters. The lowest BCUT2D eigenvalue weighted by atomic mass is 10.5. The average Bonchev–Trinajstić information content (AvgIpc) is 1.83. The number of rotatable bonds is 0. The molecule has 0 saturated heterocycles. The first-order chi connectivity index (χ1) is 4.22. The lowest BCUT2D eigenvalue weighted by Crippen LogP contribution is -1.98. The number of aromatic nitrogens is 2. The minimum absolute atomic E-state index is 0.00579. The third kappa shape index (κ3) is 0.835. The van der Waals surface area contributed by atoms with E-state index in [0.29, 0.717) is 0 Å². The van der Waals surface area contributed by atoms with Gasteiger partial charge in [-0.1, -0.05) is 0 Å². The molecule has 1 aromatic heterocycles. The SMILES string of the molecule is Nc1n[c]nc(O)c1N. The molecule has 1 heterocycles. The summed E-state index contributed by atoms with van der Waals surface area (Å²) in [5, 5.41) is 8.71. The summed E-state index contributed by atoms with van der Waals surface area (Å²) in [5.74, 6) is -0.287. The van der Waals surface area contributed by atoms with Gasteiger partial charge in [-0.05, 0) is 0 Å². The summed E-state index contributed by atoms with van der Waals surface area (Å²) in [6.07, 6.45) is 2.11. The van der Waals surface area contributed by atoms with Crippen LogP contribution in [-0.4, -0.2) is 15.1 Å². The molecular formula is C4H5N4O. The summed E-state index contributed by atoms with van der Waals surface area (Å²) in [6, 6.07) is 0. The minimum Gasteiger partial charge on any atom is -0.492 e. The van der Waals surface area contributed by atoms with E-state index in [1.807, 2.05) is 0 Å². The molecule has 9 heavy (non-hydrogen) atoms. The molecule has 0 fully saturated rings. The van der Waals surface area contributed by atoms with E-state index in [4.69, 9.17) is 16.6 Å². The number of nitrogens with two attached hydrogens (primary N) is 2. The molecule has 0 aliphatic rings. The van der Waals surface area contributed by atoms with Crippen LogP contribution in [0.15, 0.2) is 0 Å². The number of hydrogen-bond donors (Lipinski definition) is 3. The zero-order valence-corrected chi connectivity index (χ0v) is 4.50. The number of nitrogen functional groups attached to an aromatic ring is 2. The van der Waals surface area contributed by atoms with E-state index in [9.17, 15) is 0 Å². The Kier molecular flexibility index (Phi) is 1.11. The van der Waals surface area contributed by atoms with Crippen LogP contribution in [0.1, 0.15) is 0 Å². The predicted octanol–water partition coefficient (Wildman–Crippen LogP) is -0.853. The Hall–Kier alpha value is -1.52. The summed E-state index contributed by atoms with van der Waals surface area (Å²) >= 11 is 0. The molecule has 47 valence electrons. The molecule has 1 radical (unpaired) electrons. The van der Waals surface area contributed by atoms with Crippen LogP contribution < -0.4 is 11.5 Å². The maximum Gasteiger partial charge on any atom is 0.240 e. The van der Waals surface area contributed by atoms with Crippen molar-refractivity contribution in [2.75, 3.05) is 11.5 Å². The fourth-order valence-corrected chi connectivity index (χ4v) is 0.361. The molecular weight excluding hydrogens is 120 g/mol. The van der Waals surface area contributed by atoms with Gasteiger partial charge in [0.15, 0.2) is 5.82 Å². The smallest absolute Gasteiger partial charge is 0.240 e. The van der Waals surface area contributed by atoms with Gasteiger partial charge in [0, 0.05) is 0 Å². The van der Waals surface area contributed by atoms with Crippen molar-refractivity contribution in [3.63, 3.8) is 0 Å². The quantitative estimate of drug-likeness (QED) is 0.419. The van der Waals surface area contributed by atoms with E-state index in [2.05, 4.69) is 16.3 Å². The van der Waals surface area contributed by atoms with Gasteiger partial charge in [0.2, 0.25) is 12.2 Å².